The predicted molar refractivity (Wildman–Crippen MR) is 93.7 cm³/mol. The van der Waals surface area contributed by atoms with Gasteiger partial charge in [-0.15, -0.1) is 0 Å². The van der Waals surface area contributed by atoms with E-state index in [4.69, 9.17) is 11.6 Å². The van der Waals surface area contributed by atoms with Crippen molar-refractivity contribution in [1.29, 1.82) is 0 Å². The summed E-state index contributed by atoms with van der Waals surface area (Å²) >= 11 is 6.13. The Kier molecular flexibility index (Phi) is 5.18. The SMILES string of the molecule is CC(NC(=O)c1ccc(Cl)c(S(=O)(=O)N2CCCCC2)c1)C1CC1. The van der Waals surface area contributed by atoms with Crippen LogP contribution in [0.2, 0.25) is 5.02 Å². The molecular formula is C17H23ClN2O3S. The Balaban J connectivity index is 1.83. The highest BCUT2D eigenvalue weighted by molar-refractivity contribution is 7.89. The second-order valence-corrected chi connectivity index (χ2v) is 9.02. The van der Waals surface area contributed by atoms with Gasteiger partial charge in [-0.3, -0.25) is 4.79 Å². The van der Waals surface area contributed by atoms with Gasteiger partial charge >= 0.3 is 0 Å². The fourth-order valence-corrected chi connectivity index (χ4v) is 5.11. The molecule has 0 spiro atoms. The summed E-state index contributed by atoms with van der Waals surface area (Å²) in [6, 6.07) is 4.58. The first kappa shape index (κ1) is 17.7. The summed E-state index contributed by atoms with van der Waals surface area (Å²) in [5, 5.41) is 3.10. The molecule has 1 aromatic rings. The third-order valence-corrected chi connectivity index (χ3v) is 7.19. The number of benzene rings is 1. The van der Waals surface area contributed by atoms with Crippen LogP contribution in [-0.4, -0.2) is 37.8 Å². The van der Waals surface area contributed by atoms with Crippen LogP contribution in [-0.2, 0) is 10.0 Å². The molecule has 132 valence electrons. The maximum Gasteiger partial charge on any atom is 0.251 e. The van der Waals surface area contributed by atoms with Crippen molar-refractivity contribution in [3.05, 3.63) is 28.8 Å². The second kappa shape index (κ2) is 7.02. The molecule has 5 nitrogen and oxygen atoms in total. The summed E-state index contributed by atoms with van der Waals surface area (Å²) < 4.78 is 27.1. The highest BCUT2D eigenvalue weighted by atomic mass is 35.5. The number of hydrogen-bond acceptors (Lipinski definition) is 3. The smallest absolute Gasteiger partial charge is 0.251 e. The van der Waals surface area contributed by atoms with E-state index in [2.05, 4.69) is 5.32 Å². The minimum Gasteiger partial charge on any atom is -0.349 e. The Bertz CT molecular complexity index is 725. The number of sulfonamides is 1. The molecule has 1 N–H and O–H groups in total. The molecule has 1 saturated carbocycles. The number of amides is 1. The van der Waals surface area contributed by atoms with E-state index < -0.39 is 10.0 Å². The van der Waals surface area contributed by atoms with Gasteiger partial charge in [0.15, 0.2) is 0 Å². The molecule has 1 atom stereocenters. The lowest BCUT2D eigenvalue weighted by Gasteiger charge is -2.26. The normalized spacial score (nSPS) is 20.6. The van der Waals surface area contributed by atoms with Crippen LogP contribution in [0, 0.1) is 5.92 Å². The standard InChI is InChI=1S/C17H23ClN2O3S/c1-12(13-5-6-13)19-17(21)14-7-8-15(18)16(11-14)24(22,23)20-9-3-2-4-10-20/h7-8,11-13H,2-6,9-10H2,1H3,(H,19,21). The summed E-state index contributed by atoms with van der Waals surface area (Å²) in [6.45, 7) is 3.00. The summed E-state index contributed by atoms with van der Waals surface area (Å²) in [6.07, 6.45) is 5.03. The summed E-state index contributed by atoms with van der Waals surface area (Å²) in [5.74, 6) is 0.291. The Morgan fingerprint density at radius 2 is 1.92 bits per heavy atom. The van der Waals surface area contributed by atoms with Gasteiger partial charge in [0, 0.05) is 24.7 Å². The molecule has 1 heterocycles. The van der Waals surface area contributed by atoms with Gasteiger partial charge in [-0.1, -0.05) is 18.0 Å². The maximum absolute atomic E-state index is 12.8. The lowest BCUT2D eigenvalue weighted by atomic mass is 10.1. The molecule has 0 radical (unpaired) electrons. The fraction of sp³-hybridized carbons (Fsp3) is 0.588. The molecule has 0 bridgehead atoms. The molecule has 2 aliphatic rings. The van der Waals surface area contributed by atoms with Crippen LogP contribution >= 0.6 is 11.6 Å². The molecule has 7 heteroatoms. The predicted octanol–water partition coefficient (Wildman–Crippen LogP) is 3.04. The van der Waals surface area contributed by atoms with Crippen LogP contribution < -0.4 is 5.32 Å². The van der Waals surface area contributed by atoms with Crippen LogP contribution in [0.5, 0.6) is 0 Å². The van der Waals surface area contributed by atoms with Gasteiger partial charge < -0.3 is 5.32 Å². The highest BCUT2D eigenvalue weighted by Gasteiger charge is 2.31. The number of nitrogens with one attached hydrogen (secondary N) is 1. The number of rotatable bonds is 5. The fourth-order valence-electron chi connectivity index (χ4n) is 3.09. The first-order chi connectivity index (χ1) is 11.4. The molecular weight excluding hydrogens is 348 g/mol. The van der Waals surface area contributed by atoms with Gasteiger partial charge in [0.1, 0.15) is 4.90 Å². The topological polar surface area (TPSA) is 66.5 Å². The van der Waals surface area contributed by atoms with E-state index in [-0.39, 0.29) is 21.9 Å². The molecule has 3 rings (SSSR count). The van der Waals surface area contributed by atoms with Crippen molar-refractivity contribution >= 4 is 27.5 Å². The summed E-state index contributed by atoms with van der Waals surface area (Å²) in [7, 11) is -3.66. The van der Waals surface area contributed by atoms with E-state index in [1.54, 1.807) is 6.07 Å². The molecule has 2 fully saturated rings. The Morgan fingerprint density at radius 1 is 1.25 bits per heavy atom. The molecule has 1 aromatic carbocycles. The zero-order valence-corrected chi connectivity index (χ0v) is 15.4. The van der Waals surface area contributed by atoms with Gasteiger partial charge in [0.25, 0.3) is 5.91 Å². The zero-order valence-electron chi connectivity index (χ0n) is 13.8. The lowest BCUT2D eigenvalue weighted by molar-refractivity contribution is 0.0935. The molecule has 1 unspecified atom stereocenters. The minimum absolute atomic E-state index is 0.0257. The Hall–Kier alpha value is -1.11. The minimum atomic E-state index is -3.66. The Morgan fingerprint density at radius 3 is 2.54 bits per heavy atom. The molecule has 0 aromatic heterocycles. The third-order valence-electron chi connectivity index (χ3n) is 4.81. The lowest BCUT2D eigenvalue weighted by Crippen LogP contribution is -2.36. The number of halogens is 1. The average molecular weight is 371 g/mol. The van der Waals surface area contributed by atoms with Crippen LogP contribution in [0.15, 0.2) is 23.1 Å². The van der Waals surface area contributed by atoms with Crippen molar-refractivity contribution in [3.8, 4) is 0 Å². The van der Waals surface area contributed by atoms with Crippen molar-refractivity contribution in [2.24, 2.45) is 5.92 Å². The van der Waals surface area contributed by atoms with E-state index in [0.717, 1.165) is 32.1 Å². The van der Waals surface area contributed by atoms with Crippen molar-refractivity contribution in [2.45, 2.75) is 50.0 Å². The quantitative estimate of drug-likeness (QED) is 0.866. The molecule has 1 amide bonds. The largest absolute Gasteiger partial charge is 0.349 e. The van der Waals surface area contributed by atoms with Gasteiger partial charge in [-0.05, 0) is 56.7 Å². The van der Waals surface area contributed by atoms with Crippen LogP contribution in [0.1, 0.15) is 49.4 Å². The maximum atomic E-state index is 12.8. The number of carbonyl (C=O) groups excluding carboxylic acids is 1. The van der Waals surface area contributed by atoms with Gasteiger partial charge in [-0.2, -0.15) is 4.31 Å². The zero-order chi connectivity index (χ0) is 17.3. The number of piperidine rings is 1. The van der Waals surface area contributed by atoms with Gasteiger partial charge in [-0.25, -0.2) is 8.42 Å². The van der Waals surface area contributed by atoms with Crippen molar-refractivity contribution in [1.82, 2.24) is 9.62 Å². The van der Waals surface area contributed by atoms with E-state index in [1.807, 2.05) is 6.92 Å². The van der Waals surface area contributed by atoms with E-state index in [0.29, 0.717) is 24.6 Å². The summed E-state index contributed by atoms with van der Waals surface area (Å²) in [4.78, 5) is 12.4. The first-order valence-corrected chi connectivity index (χ1v) is 10.3. The van der Waals surface area contributed by atoms with Gasteiger partial charge in [0.2, 0.25) is 10.0 Å². The Labute approximate surface area is 148 Å². The molecule has 1 aliphatic heterocycles. The number of hydrogen-bond donors (Lipinski definition) is 1. The molecule has 24 heavy (non-hydrogen) atoms. The molecule has 1 aliphatic carbocycles. The van der Waals surface area contributed by atoms with Gasteiger partial charge in [0.05, 0.1) is 5.02 Å². The van der Waals surface area contributed by atoms with E-state index in [1.165, 1.54) is 16.4 Å². The van der Waals surface area contributed by atoms with Crippen LogP contribution in [0.3, 0.4) is 0 Å². The number of nitrogens with zero attached hydrogens (tertiary/aromatic N) is 1. The van der Waals surface area contributed by atoms with Crippen molar-refractivity contribution < 1.29 is 13.2 Å². The van der Waals surface area contributed by atoms with Crippen molar-refractivity contribution in [3.63, 3.8) is 0 Å². The van der Waals surface area contributed by atoms with Crippen LogP contribution in [0.25, 0.3) is 0 Å². The van der Waals surface area contributed by atoms with Crippen molar-refractivity contribution in [2.75, 3.05) is 13.1 Å². The first-order valence-electron chi connectivity index (χ1n) is 8.50. The monoisotopic (exact) mass is 370 g/mol. The highest BCUT2D eigenvalue weighted by Crippen LogP contribution is 2.32. The van der Waals surface area contributed by atoms with E-state index in [9.17, 15) is 13.2 Å². The average Bonchev–Trinajstić information content (AvgIpc) is 3.40. The summed E-state index contributed by atoms with van der Waals surface area (Å²) in [5.41, 5.74) is 0.336. The third kappa shape index (κ3) is 3.76. The molecule has 1 saturated heterocycles. The second-order valence-electron chi connectivity index (χ2n) is 6.71. The van der Waals surface area contributed by atoms with Crippen LogP contribution in [0.4, 0.5) is 0 Å². The van der Waals surface area contributed by atoms with E-state index >= 15 is 0 Å². The number of carbonyl (C=O) groups is 1.